The van der Waals surface area contributed by atoms with Crippen molar-refractivity contribution >= 4 is 35.5 Å². The largest absolute Gasteiger partial charge is 1.00 e. The molecule has 0 aliphatic rings. The lowest BCUT2D eigenvalue weighted by Gasteiger charge is -2.03. The Balaban J connectivity index is 0.00000208. The van der Waals surface area contributed by atoms with Crippen LogP contribution in [0.1, 0.15) is 11.1 Å². The summed E-state index contributed by atoms with van der Waals surface area (Å²) < 4.78 is 8.59. The molecule has 0 fully saturated rings. The van der Waals surface area contributed by atoms with Crippen LogP contribution in [0, 0.1) is 0 Å². The average molecular weight is 738 g/mol. The first kappa shape index (κ1) is 32.2. The van der Waals surface area contributed by atoms with Crippen molar-refractivity contribution in [3.8, 4) is 22.5 Å². The van der Waals surface area contributed by atoms with E-state index >= 15 is 0 Å². The van der Waals surface area contributed by atoms with Gasteiger partial charge in [0.1, 0.15) is 12.4 Å². The summed E-state index contributed by atoms with van der Waals surface area (Å²) in [6.45, 7) is 0. The molecule has 46 heavy (non-hydrogen) atoms. The standard InChI is InChI=1S/C34H30N10.2BrH/c1-41-29(23-43-19-5-3-7-32(41)43)27-13-9-25(10-14-27)21-36-39-31-17-18-35-34(38-31)40-37-22-26-11-15-28(16-12-26)30-24-44-20-6-4-8-33(44)42(30)2;;/h3-24H,1-2H3,(H2,35,38,39,40);2*1H/q+2;;/p-2/b36-21+,37-22+;;. The van der Waals surface area contributed by atoms with Crippen molar-refractivity contribution in [2.45, 2.75) is 0 Å². The summed E-state index contributed by atoms with van der Waals surface area (Å²) >= 11 is 0. The van der Waals surface area contributed by atoms with Crippen molar-refractivity contribution in [1.29, 1.82) is 0 Å². The van der Waals surface area contributed by atoms with Gasteiger partial charge in [-0.05, 0) is 47.5 Å². The molecule has 2 N–H and O–H groups in total. The Morgan fingerprint density at radius 1 is 0.630 bits per heavy atom. The molecule has 0 saturated carbocycles. The highest BCUT2D eigenvalue weighted by Gasteiger charge is 2.16. The molecule has 0 radical (unpaired) electrons. The maximum atomic E-state index is 4.43. The van der Waals surface area contributed by atoms with Gasteiger partial charge in [-0.25, -0.2) is 28.3 Å². The number of fused-ring (bicyclic) bond motifs is 2. The molecule has 0 atom stereocenters. The first-order valence-electron chi connectivity index (χ1n) is 14.2. The molecule has 7 aromatic rings. The second kappa shape index (κ2) is 14.3. The molecule has 230 valence electrons. The van der Waals surface area contributed by atoms with Crippen LogP contribution >= 0.6 is 0 Å². The average Bonchev–Trinajstić information content (AvgIpc) is 3.58. The third kappa shape index (κ3) is 6.72. The van der Waals surface area contributed by atoms with Gasteiger partial charge in [0.15, 0.2) is 17.2 Å². The second-order valence-corrected chi connectivity index (χ2v) is 10.3. The number of halogens is 2. The van der Waals surface area contributed by atoms with Crippen LogP contribution in [0.25, 0.3) is 33.8 Å². The molecule has 7 rings (SSSR count). The molecule has 0 amide bonds. The van der Waals surface area contributed by atoms with E-state index in [0.29, 0.717) is 11.8 Å². The van der Waals surface area contributed by atoms with Crippen LogP contribution < -0.4 is 53.6 Å². The van der Waals surface area contributed by atoms with Gasteiger partial charge in [0, 0.05) is 35.5 Å². The van der Waals surface area contributed by atoms with Crippen molar-refractivity contribution in [2.75, 3.05) is 10.9 Å². The third-order valence-corrected chi connectivity index (χ3v) is 7.51. The van der Waals surface area contributed by atoms with Crippen LogP contribution in [0.15, 0.2) is 132 Å². The van der Waals surface area contributed by atoms with Gasteiger partial charge < -0.3 is 34.0 Å². The van der Waals surface area contributed by atoms with E-state index in [-0.39, 0.29) is 34.0 Å². The number of hydrogen-bond acceptors (Lipinski definition) is 6. The van der Waals surface area contributed by atoms with E-state index in [1.165, 1.54) is 0 Å². The van der Waals surface area contributed by atoms with Gasteiger partial charge in [-0.3, -0.25) is 5.43 Å². The smallest absolute Gasteiger partial charge is 0.286 e. The highest BCUT2D eigenvalue weighted by atomic mass is 79.9. The van der Waals surface area contributed by atoms with E-state index in [1.54, 1.807) is 24.7 Å². The van der Waals surface area contributed by atoms with Crippen molar-refractivity contribution in [3.05, 3.63) is 133 Å². The lowest BCUT2D eigenvalue weighted by molar-refractivity contribution is -0.510. The molecule has 0 saturated heterocycles. The Bertz CT molecular complexity index is 2000. The summed E-state index contributed by atoms with van der Waals surface area (Å²) in [5.74, 6) is 0.915. The van der Waals surface area contributed by atoms with Crippen LogP contribution in [0.4, 0.5) is 11.8 Å². The normalized spacial score (nSPS) is 11.2. The zero-order valence-corrected chi connectivity index (χ0v) is 28.2. The van der Waals surface area contributed by atoms with Gasteiger partial charge in [0.05, 0.1) is 38.9 Å². The Kier molecular flexibility index (Phi) is 9.99. The van der Waals surface area contributed by atoms with E-state index in [4.69, 9.17) is 0 Å². The second-order valence-electron chi connectivity index (χ2n) is 10.3. The maximum Gasteiger partial charge on any atom is 0.286 e. The Hall–Kier alpha value is -5.20. The summed E-state index contributed by atoms with van der Waals surface area (Å²) in [4.78, 5) is 8.68. The predicted molar refractivity (Wildman–Crippen MR) is 172 cm³/mol. The number of aryl methyl sites for hydroxylation is 2. The minimum absolute atomic E-state index is 0. The Morgan fingerprint density at radius 2 is 1.13 bits per heavy atom. The number of hydrazone groups is 2. The van der Waals surface area contributed by atoms with Crippen molar-refractivity contribution < 1.29 is 42.8 Å². The van der Waals surface area contributed by atoms with Gasteiger partial charge in [-0.1, -0.05) is 36.4 Å². The van der Waals surface area contributed by atoms with Gasteiger partial charge >= 0.3 is 0 Å². The summed E-state index contributed by atoms with van der Waals surface area (Å²) in [6, 6.07) is 30.6. The Morgan fingerprint density at radius 3 is 1.63 bits per heavy atom. The molecule has 0 spiro atoms. The van der Waals surface area contributed by atoms with E-state index in [9.17, 15) is 0 Å². The molecule has 0 aliphatic carbocycles. The molecule has 12 heteroatoms. The van der Waals surface area contributed by atoms with Gasteiger partial charge in [-0.2, -0.15) is 15.2 Å². The quantitative estimate of drug-likeness (QED) is 0.117. The van der Waals surface area contributed by atoms with E-state index in [0.717, 1.165) is 44.9 Å². The third-order valence-electron chi connectivity index (χ3n) is 7.51. The molecular weight excluding hydrogens is 708 g/mol. The number of benzene rings is 2. The molecule has 2 aromatic carbocycles. The molecule has 5 heterocycles. The Labute approximate surface area is 287 Å². The fraction of sp³-hybridized carbons (Fsp3) is 0.0588. The van der Waals surface area contributed by atoms with Gasteiger partial charge in [-0.15, -0.1) is 0 Å². The maximum absolute atomic E-state index is 4.43. The van der Waals surface area contributed by atoms with Crippen LogP contribution in [0.3, 0.4) is 0 Å². The summed E-state index contributed by atoms with van der Waals surface area (Å²) in [5, 5.41) is 8.65. The molecule has 0 unspecified atom stereocenters. The SMILES string of the molecule is Cn1c(-c2ccc(/C=N/Nc3ccnc(N/N=C/c4ccc(-c5c[n+]6ccccc6n5C)cc4)n3)cc2)c[n+]2ccccc12.[Br-].[Br-]. The predicted octanol–water partition coefficient (Wildman–Crippen LogP) is -1.13. The monoisotopic (exact) mass is 736 g/mol. The first-order chi connectivity index (χ1) is 21.6. The topological polar surface area (TPSA) is 92.6 Å². The number of anilines is 2. The minimum atomic E-state index is 0. The van der Waals surface area contributed by atoms with Crippen LogP contribution in [-0.4, -0.2) is 31.5 Å². The van der Waals surface area contributed by atoms with Crippen molar-refractivity contribution in [3.63, 3.8) is 0 Å². The lowest BCUT2D eigenvalue weighted by atomic mass is 10.1. The van der Waals surface area contributed by atoms with Crippen LogP contribution in [-0.2, 0) is 14.1 Å². The zero-order chi connectivity index (χ0) is 29.9. The number of hydrogen-bond donors (Lipinski definition) is 2. The molecule has 0 bridgehead atoms. The van der Waals surface area contributed by atoms with Gasteiger partial charge in [0.2, 0.25) is 5.95 Å². The number of aromatic nitrogens is 6. The highest BCUT2D eigenvalue weighted by molar-refractivity contribution is 5.82. The number of nitrogens with zero attached hydrogens (tertiary/aromatic N) is 8. The number of pyridine rings is 2. The molecule has 0 aliphatic heterocycles. The van der Waals surface area contributed by atoms with Gasteiger partial charge in [0.25, 0.3) is 11.3 Å². The van der Waals surface area contributed by atoms with Crippen molar-refractivity contribution in [2.24, 2.45) is 24.3 Å². The van der Waals surface area contributed by atoms with E-state index < -0.39 is 0 Å². The van der Waals surface area contributed by atoms with Crippen LogP contribution in [0.5, 0.6) is 0 Å². The fourth-order valence-corrected chi connectivity index (χ4v) is 5.19. The minimum Gasteiger partial charge on any atom is -1.00 e. The highest BCUT2D eigenvalue weighted by Crippen LogP contribution is 2.21. The summed E-state index contributed by atoms with van der Waals surface area (Å²) in [5.41, 5.74) is 14.6. The van der Waals surface area contributed by atoms with E-state index in [2.05, 4.69) is 124 Å². The van der Waals surface area contributed by atoms with E-state index in [1.807, 2.05) is 48.5 Å². The molecule has 10 nitrogen and oxygen atoms in total. The zero-order valence-electron chi connectivity index (χ0n) is 25.0. The molecule has 5 aromatic heterocycles. The number of nitrogens with one attached hydrogen (secondary N) is 2. The molecular formula is C34H30Br2N10. The summed E-state index contributed by atoms with van der Waals surface area (Å²) in [6.07, 6.45) is 13.5. The lowest BCUT2D eigenvalue weighted by Crippen LogP contribution is -3.00. The number of rotatable bonds is 8. The van der Waals surface area contributed by atoms with Crippen LogP contribution in [0.2, 0.25) is 0 Å². The first-order valence-corrected chi connectivity index (χ1v) is 14.2. The summed E-state index contributed by atoms with van der Waals surface area (Å²) in [7, 11) is 4.15. The number of imidazole rings is 2. The fourth-order valence-electron chi connectivity index (χ4n) is 5.19. The van der Waals surface area contributed by atoms with Crippen molar-refractivity contribution in [1.82, 2.24) is 19.1 Å².